The Morgan fingerprint density at radius 1 is 0.913 bits per heavy atom. The van der Waals surface area contributed by atoms with Crippen LogP contribution in [0.3, 0.4) is 0 Å². The van der Waals surface area contributed by atoms with Crippen LogP contribution in [0.15, 0.2) is 102 Å². The third-order valence-corrected chi connectivity index (χ3v) is 7.90. The number of phenolic OH excluding ortho intramolecular Hbond substituents is 1. The van der Waals surface area contributed by atoms with E-state index in [1.54, 1.807) is 24.1 Å². The fourth-order valence-electron chi connectivity index (χ4n) is 5.44. The SMILES string of the molecule is CN(C(=O)CCCc1ccc(-c2ccccc2)c(NC(=O)O)c1)c1ccc(CNC[C@@H](O)c2ccc(O)c3[nH]c(=O)ccc23)cc1. The predicted octanol–water partition coefficient (Wildman–Crippen LogP) is 5.80. The van der Waals surface area contributed by atoms with Crippen LogP contribution in [0.4, 0.5) is 16.2 Å². The quantitative estimate of drug-likeness (QED) is 0.103. The lowest BCUT2D eigenvalue weighted by Gasteiger charge is -2.18. The standard InChI is InChI=1S/C36H36N4O6/c1-40(34(44)9-5-6-23-12-15-27(25-7-3-2-4-8-25)30(20-23)38-36(45)46)26-13-10-24(11-14-26)21-37-22-32(42)28-16-18-31(41)35-29(28)17-19-33(43)39-35/h2-4,7-8,10-20,32,37-38,41-42H,5-6,9,21-22H2,1H3,(H,39,43)(H,45,46)/t32-/m1/s1. The van der Waals surface area contributed by atoms with Crippen LogP contribution >= 0.6 is 0 Å². The second kappa shape index (κ2) is 14.6. The number of carboxylic acid groups (broad SMARTS) is 1. The number of hydrogen-bond donors (Lipinski definition) is 6. The zero-order valence-electron chi connectivity index (χ0n) is 25.4. The maximum atomic E-state index is 12.9. The van der Waals surface area contributed by atoms with Crippen LogP contribution in [0, 0.1) is 0 Å². The van der Waals surface area contributed by atoms with Gasteiger partial charge in [-0.05, 0) is 65.4 Å². The number of H-pyrrole nitrogens is 1. The highest BCUT2D eigenvalue weighted by molar-refractivity contribution is 5.93. The van der Waals surface area contributed by atoms with Crippen molar-refractivity contribution in [3.8, 4) is 16.9 Å². The number of benzene rings is 4. The molecule has 0 radical (unpaired) electrons. The average Bonchev–Trinajstić information content (AvgIpc) is 3.05. The smallest absolute Gasteiger partial charge is 0.409 e. The molecule has 0 saturated carbocycles. The van der Waals surface area contributed by atoms with Crippen LogP contribution in [-0.2, 0) is 17.8 Å². The third kappa shape index (κ3) is 7.79. The van der Waals surface area contributed by atoms with E-state index < -0.39 is 12.2 Å². The van der Waals surface area contributed by atoms with Gasteiger partial charge in [-0.1, -0.05) is 60.7 Å². The molecule has 0 aliphatic rings. The molecule has 4 aromatic carbocycles. The molecule has 2 amide bonds. The van der Waals surface area contributed by atoms with Gasteiger partial charge in [0.05, 0.1) is 17.3 Å². The summed E-state index contributed by atoms with van der Waals surface area (Å²) in [4.78, 5) is 40.2. The number of nitrogens with zero attached hydrogens (tertiary/aromatic N) is 1. The first-order chi connectivity index (χ1) is 22.2. The topological polar surface area (TPSA) is 155 Å². The van der Waals surface area contributed by atoms with Crippen molar-refractivity contribution in [1.29, 1.82) is 0 Å². The first-order valence-electron chi connectivity index (χ1n) is 15.0. The molecular formula is C36H36N4O6. The summed E-state index contributed by atoms with van der Waals surface area (Å²) in [6, 6.07) is 28.9. The lowest BCUT2D eigenvalue weighted by Crippen LogP contribution is -2.26. The van der Waals surface area contributed by atoms with Gasteiger partial charge in [0.25, 0.3) is 0 Å². The zero-order chi connectivity index (χ0) is 32.6. The molecule has 0 bridgehead atoms. The highest BCUT2D eigenvalue weighted by atomic mass is 16.4. The molecule has 0 fully saturated rings. The Morgan fingerprint density at radius 2 is 1.65 bits per heavy atom. The van der Waals surface area contributed by atoms with Crippen molar-refractivity contribution in [2.24, 2.45) is 0 Å². The summed E-state index contributed by atoms with van der Waals surface area (Å²) in [5, 5.41) is 36.5. The highest BCUT2D eigenvalue weighted by Gasteiger charge is 2.15. The van der Waals surface area contributed by atoms with Gasteiger partial charge in [0.15, 0.2) is 0 Å². The van der Waals surface area contributed by atoms with E-state index in [9.17, 15) is 29.7 Å². The molecule has 1 heterocycles. The number of aliphatic hydroxyl groups is 1. The summed E-state index contributed by atoms with van der Waals surface area (Å²) in [7, 11) is 1.74. The summed E-state index contributed by atoms with van der Waals surface area (Å²) < 4.78 is 0. The Balaban J connectivity index is 1.11. The van der Waals surface area contributed by atoms with E-state index in [0.29, 0.717) is 42.4 Å². The largest absolute Gasteiger partial charge is 0.506 e. The molecule has 0 saturated heterocycles. The minimum atomic E-state index is -1.13. The van der Waals surface area contributed by atoms with Gasteiger partial charge in [0.2, 0.25) is 11.5 Å². The summed E-state index contributed by atoms with van der Waals surface area (Å²) in [6.07, 6.45) is -0.430. The molecule has 10 heteroatoms. The maximum absolute atomic E-state index is 12.9. The summed E-state index contributed by atoms with van der Waals surface area (Å²) >= 11 is 0. The van der Waals surface area contributed by atoms with Gasteiger partial charge in [-0.2, -0.15) is 0 Å². The number of carbonyl (C=O) groups excluding carboxylic acids is 1. The van der Waals surface area contributed by atoms with E-state index in [1.165, 1.54) is 12.1 Å². The summed E-state index contributed by atoms with van der Waals surface area (Å²) in [5.41, 5.74) is 5.44. The van der Waals surface area contributed by atoms with E-state index in [4.69, 9.17) is 0 Å². The first-order valence-corrected chi connectivity index (χ1v) is 15.0. The number of aromatic amines is 1. The number of aliphatic hydroxyl groups excluding tert-OH is 1. The Bertz CT molecular complexity index is 1890. The summed E-state index contributed by atoms with van der Waals surface area (Å²) in [6.45, 7) is 0.742. The monoisotopic (exact) mass is 620 g/mol. The number of nitrogens with one attached hydrogen (secondary N) is 3. The molecule has 5 rings (SSSR count). The number of aryl methyl sites for hydroxylation is 1. The molecule has 0 unspecified atom stereocenters. The highest BCUT2D eigenvalue weighted by Crippen LogP contribution is 2.30. The van der Waals surface area contributed by atoms with Gasteiger partial charge in [-0.3, -0.25) is 14.9 Å². The number of carbonyl (C=O) groups is 2. The van der Waals surface area contributed by atoms with Gasteiger partial charge in [0, 0.05) is 49.3 Å². The molecule has 0 aliphatic heterocycles. The average molecular weight is 621 g/mol. The van der Waals surface area contributed by atoms with Crippen molar-refractivity contribution in [1.82, 2.24) is 10.3 Å². The number of rotatable bonds is 12. The van der Waals surface area contributed by atoms with Crippen LogP contribution in [0.1, 0.15) is 35.6 Å². The van der Waals surface area contributed by atoms with Gasteiger partial charge >= 0.3 is 6.09 Å². The minimum Gasteiger partial charge on any atom is -0.506 e. The van der Waals surface area contributed by atoms with Crippen molar-refractivity contribution in [3.05, 3.63) is 124 Å². The van der Waals surface area contributed by atoms with Crippen molar-refractivity contribution in [2.45, 2.75) is 31.9 Å². The Labute approximate surface area is 266 Å². The molecule has 5 aromatic rings. The Hall–Kier alpha value is -5.45. The molecule has 0 aliphatic carbocycles. The third-order valence-electron chi connectivity index (χ3n) is 7.90. The molecule has 6 N–H and O–H groups in total. The van der Waals surface area contributed by atoms with Gasteiger partial charge in [0.1, 0.15) is 5.75 Å². The van der Waals surface area contributed by atoms with Crippen molar-refractivity contribution < 1.29 is 24.9 Å². The predicted molar refractivity (Wildman–Crippen MR) is 179 cm³/mol. The van der Waals surface area contributed by atoms with Crippen LogP contribution in [-0.4, -0.2) is 45.9 Å². The van der Waals surface area contributed by atoms with E-state index >= 15 is 0 Å². The van der Waals surface area contributed by atoms with Crippen LogP contribution in [0.25, 0.3) is 22.0 Å². The number of aromatic hydroxyl groups is 1. The number of fused-ring (bicyclic) bond motifs is 1. The van der Waals surface area contributed by atoms with E-state index in [0.717, 1.165) is 27.9 Å². The van der Waals surface area contributed by atoms with Crippen LogP contribution in [0.5, 0.6) is 5.75 Å². The number of hydrogen-bond acceptors (Lipinski definition) is 6. The van der Waals surface area contributed by atoms with Crippen molar-refractivity contribution in [3.63, 3.8) is 0 Å². The van der Waals surface area contributed by atoms with Gasteiger partial charge < -0.3 is 30.5 Å². The van der Waals surface area contributed by atoms with Gasteiger partial charge in [-0.25, -0.2) is 4.79 Å². The molecule has 1 aromatic heterocycles. The van der Waals surface area contributed by atoms with E-state index in [2.05, 4.69) is 15.6 Å². The number of amides is 2. The number of anilines is 2. The first kappa shape index (κ1) is 32.0. The molecule has 236 valence electrons. The molecule has 46 heavy (non-hydrogen) atoms. The normalized spacial score (nSPS) is 11.7. The second-order valence-corrected chi connectivity index (χ2v) is 11.1. The van der Waals surface area contributed by atoms with E-state index in [1.807, 2.05) is 72.8 Å². The Kier molecular flexibility index (Phi) is 10.1. The number of phenols is 1. The van der Waals surface area contributed by atoms with Crippen molar-refractivity contribution in [2.75, 3.05) is 23.8 Å². The summed E-state index contributed by atoms with van der Waals surface area (Å²) in [5.74, 6) is -0.0839. The zero-order valence-corrected chi connectivity index (χ0v) is 25.4. The lowest BCUT2D eigenvalue weighted by atomic mass is 9.99. The molecule has 10 nitrogen and oxygen atoms in total. The fourth-order valence-corrected chi connectivity index (χ4v) is 5.44. The fraction of sp³-hybridized carbons (Fsp3) is 0.194. The van der Waals surface area contributed by atoms with E-state index in [-0.39, 0.29) is 29.3 Å². The minimum absolute atomic E-state index is 0.0266. The molecule has 1 atom stereocenters. The molecule has 0 spiro atoms. The number of pyridine rings is 1. The Morgan fingerprint density at radius 3 is 2.39 bits per heavy atom. The maximum Gasteiger partial charge on any atom is 0.409 e. The molecular weight excluding hydrogens is 584 g/mol. The second-order valence-electron chi connectivity index (χ2n) is 11.1. The van der Waals surface area contributed by atoms with Crippen LogP contribution in [0.2, 0.25) is 0 Å². The lowest BCUT2D eigenvalue weighted by molar-refractivity contribution is -0.118. The van der Waals surface area contributed by atoms with Crippen molar-refractivity contribution >= 4 is 34.3 Å². The van der Waals surface area contributed by atoms with Gasteiger partial charge in [-0.15, -0.1) is 0 Å². The van der Waals surface area contributed by atoms with Crippen LogP contribution < -0.4 is 21.1 Å². The number of aromatic nitrogens is 1.